The molecule has 0 aliphatic carbocycles. The smallest absolute Gasteiger partial charge is 0.328 e. The Balaban J connectivity index is 2.19. The number of nitrogens with one attached hydrogen (secondary N) is 4. The Morgan fingerprint density at radius 1 is 1.14 bits per heavy atom. The van der Waals surface area contributed by atoms with E-state index in [0.29, 0.717) is 25.0 Å². The van der Waals surface area contributed by atoms with Crippen LogP contribution in [-0.4, -0.2) is 110 Å². The van der Waals surface area contributed by atoms with Crippen LogP contribution in [0.3, 0.4) is 0 Å². The van der Waals surface area contributed by atoms with Crippen LogP contribution >= 0.6 is 0 Å². The quantitative estimate of drug-likeness (QED) is 0.0489. The summed E-state index contributed by atoms with van der Waals surface area (Å²) in [6.45, 7) is 5.30. The lowest BCUT2D eigenvalue weighted by atomic mass is 9.96. The zero-order valence-corrected chi connectivity index (χ0v) is 25.4. The second-order valence-electron chi connectivity index (χ2n) is 11.0. The van der Waals surface area contributed by atoms with Crippen LogP contribution in [0.15, 0.2) is 17.5 Å². The Morgan fingerprint density at radius 3 is 2.39 bits per heavy atom. The Kier molecular flexibility index (Phi) is 14.0. The number of carbonyl (C=O) groups excluding carboxylic acids is 4. The number of aliphatic hydroxyl groups is 1. The lowest BCUT2D eigenvalue weighted by molar-refractivity contribution is -0.146. The molecule has 17 heteroatoms. The van der Waals surface area contributed by atoms with Gasteiger partial charge in [-0.05, 0) is 38.5 Å². The van der Waals surface area contributed by atoms with E-state index in [1.165, 1.54) is 18.2 Å². The van der Waals surface area contributed by atoms with E-state index in [1.807, 2.05) is 13.8 Å². The number of aliphatic carboxylic acids is 1. The van der Waals surface area contributed by atoms with Crippen molar-refractivity contribution in [3.05, 3.63) is 18.2 Å². The Morgan fingerprint density at radius 2 is 1.82 bits per heavy atom. The molecular weight excluding hydrogens is 576 g/mol. The molecule has 0 bridgehead atoms. The average molecular weight is 623 g/mol. The fraction of sp³-hybridized carbons (Fsp3) is 0.667. The molecular formula is C27H46N10O7. The molecule has 246 valence electrons. The van der Waals surface area contributed by atoms with Crippen molar-refractivity contribution in [2.75, 3.05) is 13.1 Å². The summed E-state index contributed by atoms with van der Waals surface area (Å²) in [5.74, 6) is -4.31. The minimum absolute atomic E-state index is 0.0426. The number of amides is 4. The van der Waals surface area contributed by atoms with Gasteiger partial charge in [0.15, 0.2) is 12.0 Å². The first-order valence-electron chi connectivity index (χ1n) is 14.7. The van der Waals surface area contributed by atoms with E-state index in [4.69, 9.17) is 17.2 Å². The van der Waals surface area contributed by atoms with Crippen molar-refractivity contribution >= 4 is 35.6 Å². The van der Waals surface area contributed by atoms with Gasteiger partial charge in [-0.25, -0.2) is 9.78 Å². The largest absolute Gasteiger partial charge is 0.480 e. The molecule has 1 aromatic heterocycles. The van der Waals surface area contributed by atoms with Crippen LogP contribution in [0.2, 0.25) is 0 Å². The number of carboxylic acid groups (broad SMARTS) is 1. The zero-order valence-electron chi connectivity index (χ0n) is 25.4. The predicted octanol–water partition coefficient (Wildman–Crippen LogP) is -2.71. The predicted molar refractivity (Wildman–Crippen MR) is 159 cm³/mol. The fourth-order valence-electron chi connectivity index (χ4n) is 4.83. The molecule has 2 rings (SSSR count). The van der Waals surface area contributed by atoms with Crippen molar-refractivity contribution in [3.63, 3.8) is 0 Å². The number of aliphatic imine (C=N–C) groups is 1. The minimum Gasteiger partial charge on any atom is -0.480 e. The molecule has 0 saturated carbocycles. The molecule has 12 N–H and O–H groups in total. The number of nitrogens with two attached hydrogens (primary N) is 3. The normalized spacial score (nSPS) is 18.7. The molecule has 1 fully saturated rings. The van der Waals surface area contributed by atoms with E-state index in [0.717, 1.165) is 0 Å². The summed E-state index contributed by atoms with van der Waals surface area (Å²) in [6, 6.07) is -5.65. The molecule has 17 nitrogen and oxygen atoms in total. The van der Waals surface area contributed by atoms with Crippen LogP contribution in [0, 0.1) is 5.92 Å². The zero-order chi connectivity index (χ0) is 33.0. The summed E-state index contributed by atoms with van der Waals surface area (Å²) in [5, 5.41) is 26.8. The third kappa shape index (κ3) is 10.5. The van der Waals surface area contributed by atoms with Gasteiger partial charge in [0.05, 0.1) is 18.5 Å². The second-order valence-corrected chi connectivity index (χ2v) is 11.0. The van der Waals surface area contributed by atoms with Crippen molar-refractivity contribution in [2.45, 2.75) is 95.6 Å². The van der Waals surface area contributed by atoms with Gasteiger partial charge in [-0.2, -0.15) is 0 Å². The van der Waals surface area contributed by atoms with Crippen molar-refractivity contribution < 1.29 is 34.2 Å². The van der Waals surface area contributed by atoms with E-state index < -0.39 is 65.9 Å². The number of nitrogens with zero attached hydrogens (tertiary/aromatic N) is 3. The van der Waals surface area contributed by atoms with Gasteiger partial charge in [0, 0.05) is 31.4 Å². The van der Waals surface area contributed by atoms with Gasteiger partial charge in [-0.1, -0.05) is 20.3 Å². The molecule has 1 aromatic rings. The number of imidazole rings is 1. The number of carboxylic acids is 1. The lowest BCUT2D eigenvalue weighted by Gasteiger charge is -2.32. The van der Waals surface area contributed by atoms with Gasteiger partial charge in [0.2, 0.25) is 23.6 Å². The number of rotatable bonds is 17. The van der Waals surface area contributed by atoms with Crippen molar-refractivity contribution in [1.29, 1.82) is 0 Å². The lowest BCUT2D eigenvalue weighted by Crippen LogP contribution is -2.59. The van der Waals surface area contributed by atoms with E-state index in [2.05, 4.69) is 30.9 Å². The van der Waals surface area contributed by atoms with Crippen LogP contribution in [0.5, 0.6) is 0 Å². The van der Waals surface area contributed by atoms with Crippen molar-refractivity contribution in [1.82, 2.24) is 30.8 Å². The highest BCUT2D eigenvalue weighted by atomic mass is 16.4. The molecule has 1 saturated heterocycles. The fourth-order valence-corrected chi connectivity index (χ4v) is 4.83. The number of aliphatic hydroxyl groups excluding tert-OH is 1. The average Bonchev–Trinajstić information content (AvgIpc) is 3.67. The summed E-state index contributed by atoms with van der Waals surface area (Å²) in [7, 11) is 0. The summed E-state index contributed by atoms with van der Waals surface area (Å²) in [6.07, 6.45) is 3.49. The molecule has 0 aromatic carbocycles. The van der Waals surface area contributed by atoms with E-state index in [9.17, 15) is 34.2 Å². The minimum atomic E-state index is -1.61. The third-order valence-corrected chi connectivity index (χ3v) is 7.57. The highest BCUT2D eigenvalue weighted by Gasteiger charge is 2.40. The number of H-pyrrole nitrogens is 1. The molecule has 7 atom stereocenters. The van der Waals surface area contributed by atoms with E-state index >= 15 is 0 Å². The molecule has 1 aliphatic rings. The topological polar surface area (TPSA) is 284 Å². The van der Waals surface area contributed by atoms with Gasteiger partial charge >= 0.3 is 5.97 Å². The van der Waals surface area contributed by atoms with Gasteiger partial charge in [-0.3, -0.25) is 24.2 Å². The summed E-state index contributed by atoms with van der Waals surface area (Å²) in [4.78, 5) is 76.9. The summed E-state index contributed by atoms with van der Waals surface area (Å²) < 4.78 is 0. The first-order valence-corrected chi connectivity index (χ1v) is 14.7. The maximum Gasteiger partial charge on any atom is 0.328 e. The number of likely N-dealkylation sites (tertiary alicyclic amines) is 1. The van der Waals surface area contributed by atoms with Gasteiger partial charge in [0.1, 0.15) is 18.1 Å². The van der Waals surface area contributed by atoms with E-state index in [1.54, 1.807) is 6.20 Å². The third-order valence-electron chi connectivity index (χ3n) is 7.57. The van der Waals surface area contributed by atoms with E-state index in [-0.39, 0.29) is 44.2 Å². The first kappa shape index (κ1) is 35.9. The highest BCUT2D eigenvalue weighted by Crippen LogP contribution is 2.22. The molecule has 1 aliphatic heterocycles. The highest BCUT2D eigenvalue weighted by molar-refractivity contribution is 5.96. The molecule has 2 heterocycles. The maximum atomic E-state index is 13.8. The Labute approximate surface area is 255 Å². The maximum absolute atomic E-state index is 13.8. The van der Waals surface area contributed by atoms with Gasteiger partial charge in [0.25, 0.3) is 0 Å². The number of hydrogen-bond donors (Lipinski definition) is 9. The Bertz CT molecular complexity index is 1160. The molecule has 0 unspecified atom stereocenters. The Hall–Kier alpha value is -4.25. The van der Waals surface area contributed by atoms with Crippen molar-refractivity contribution in [3.8, 4) is 0 Å². The monoisotopic (exact) mass is 622 g/mol. The summed E-state index contributed by atoms with van der Waals surface area (Å²) >= 11 is 0. The molecule has 44 heavy (non-hydrogen) atoms. The van der Waals surface area contributed by atoms with Crippen LogP contribution in [0.1, 0.15) is 58.6 Å². The number of hydrogen-bond acceptors (Lipinski definition) is 9. The summed E-state index contributed by atoms with van der Waals surface area (Å²) in [5.41, 5.74) is 17.5. The van der Waals surface area contributed by atoms with Crippen LogP contribution in [0.4, 0.5) is 0 Å². The van der Waals surface area contributed by atoms with Gasteiger partial charge < -0.3 is 53.2 Å². The first-order chi connectivity index (χ1) is 20.8. The standard InChI is InChI=1S/C27H46N10O7/c1-4-14(2)20(35-22(39)17(28)11-16-12-31-13-33-16)25(42)37-10-6-8-19(37)24(41)34-18(7-5-9-32-27(29)30)23(40)36-21(15(3)38)26(43)44/h12-15,17-21,38H,4-11,28H2,1-3H3,(H,31,33)(H,34,41)(H,35,39)(H,36,40)(H,43,44)(H4,29,30,32)/t14-,15+,17-,18-,19-,20-,21-/m0/s1. The number of guanidine groups is 1. The number of carbonyl (C=O) groups is 5. The van der Waals surface area contributed by atoms with Crippen molar-refractivity contribution in [2.24, 2.45) is 28.1 Å². The SMILES string of the molecule is CC[C@H](C)[C@H](NC(=O)[C@@H](N)Cc1cnc[nH]1)C(=O)N1CCC[C@H]1C(=O)N[C@@H](CCCN=C(N)N)C(=O)N[C@H](C(=O)O)[C@@H](C)O. The van der Waals surface area contributed by atoms with Gasteiger partial charge in [-0.15, -0.1) is 0 Å². The molecule has 4 amide bonds. The van der Waals surface area contributed by atoms with Crippen LogP contribution < -0.4 is 33.2 Å². The second kappa shape index (κ2) is 17.1. The van der Waals surface area contributed by atoms with Crippen LogP contribution in [0.25, 0.3) is 0 Å². The van der Waals surface area contributed by atoms with Crippen LogP contribution in [-0.2, 0) is 30.4 Å². The number of aromatic amines is 1. The molecule has 0 radical (unpaired) electrons. The number of aromatic nitrogens is 2. The molecule has 0 spiro atoms.